The van der Waals surface area contributed by atoms with Crippen LogP contribution in [0.25, 0.3) is 0 Å². The smallest absolute Gasteiger partial charge is 0.410 e. The van der Waals surface area contributed by atoms with Gasteiger partial charge in [0.1, 0.15) is 5.60 Å². The van der Waals surface area contributed by atoms with Crippen molar-refractivity contribution in [2.24, 2.45) is 5.41 Å². The van der Waals surface area contributed by atoms with Crippen molar-refractivity contribution in [3.05, 3.63) is 0 Å². The van der Waals surface area contributed by atoms with Crippen molar-refractivity contribution in [3.8, 4) is 6.07 Å². The van der Waals surface area contributed by atoms with Gasteiger partial charge >= 0.3 is 6.09 Å². The van der Waals surface area contributed by atoms with Crippen LogP contribution in [0.4, 0.5) is 4.79 Å². The number of aliphatic hydroxyl groups is 1. The van der Waals surface area contributed by atoms with E-state index in [4.69, 9.17) is 15.1 Å². The molecular formula is C11H18N2O3. The number of aliphatic hydroxyl groups excluding tert-OH is 1. The van der Waals surface area contributed by atoms with E-state index in [1.807, 2.05) is 0 Å². The van der Waals surface area contributed by atoms with E-state index in [1.54, 1.807) is 20.8 Å². The topological polar surface area (TPSA) is 73.6 Å². The maximum atomic E-state index is 11.6. The Labute approximate surface area is 95.6 Å². The largest absolute Gasteiger partial charge is 0.444 e. The van der Waals surface area contributed by atoms with E-state index in [-0.39, 0.29) is 6.61 Å². The number of likely N-dealkylation sites (tertiary alicyclic amines) is 1. The molecule has 0 saturated carbocycles. The molecule has 0 radical (unpaired) electrons. The van der Waals surface area contributed by atoms with Crippen molar-refractivity contribution in [2.75, 3.05) is 19.7 Å². The van der Waals surface area contributed by atoms with Crippen LogP contribution in [0.3, 0.4) is 0 Å². The highest BCUT2D eigenvalue weighted by Crippen LogP contribution is 2.33. The molecule has 0 aromatic rings. The summed E-state index contributed by atoms with van der Waals surface area (Å²) >= 11 is 0. The number of rotatable bonds is 2. The molecule has 0 bridgehead atoms. The van der Waals surface area contributed by atoms with E-state index in [0.717, 1.165) is 0 Å². The molecule has 0 aliphatic carbocycles. The zero-order chi connectivity index (χ0) is 12.4. The minimum Gasteiger partial charge on any atom is -0.444 e. The molecule has 1 aliphatic heterocycles. The molecule has 1 aliphatic rings. The second kappa shape index (κ2) is 4.30. The lowest BCUT2D eigenvalue weighted by atomic mass is 9.79. The first-order chi connectivity index (χ1) is 7.32. The summed E-state index contributed by atoms with van der Waals surface area (Å²) in [4.78, 5) is 13.1. The first kappa shape index (κ1) is 12.8. The summed E-state index contributed by atoms with van der Waals surface area (Å²) in [5.41, 5.74) is -1.09. The van der Waals surface area contributed by atoms with Gasteiger partial charge in [0, 0.05) is 19.7 Å². The van der Waals surface area contributed by atoms with Crippen molar-refractivity contribution in [3.63, 3.8) is 0 Å². The lowest BCUT2D eigenvalue weighted by molar-refractivity contribution is -0.0221. The van der Waals surface area contributed by atoms with Crippen LogP contribution in [0.15, 0.2) is 0 Å². The molecular weight excluding hydrogens is 208 g/mol. The third kappa shape index (κ3) is 2.86. The van der Waals surface area contributed by atoms with Crippen LogP contribution in [0.2, 0.25) is 0 Å². The number of hydrogen-bond donors (Lipinski definition) is 1. The van der Waals surface area contributed by atoms with Gasteiger partial charge in [-0.15, -0.1) is 0 Å². The molecule has 1 fully saturated rings. The number of carbonyl (C=O) groups is 1. The summed E-state index contributed by atoms with van der Waals surface area (Å²) in [6, 6.07) is 2.15. The van der Waals surface area contributed by atoms with Crippen molar-refractivity contribution in [2.45, 2.75) is 32.8 Å². The molecule has 1 saturated heterocycles. The van der Waals surface area contributed by atoms with Gasteiger partial charge in [0.05, 0.1) is 11.5 Å². The molecule has 1 rings (SSSR count). The minimum atomic E-state index is -0.578. The van der Waals surface area contributed by atoms with E-state index in [0.29, 0.717) is 19.5 Å². The molecule has 1 N–H and O–H groups in total. The van der Waals surface area contributed by atoms with E-state index in [1.165, 1.54) is 4.90 Å². The number of amides is 1. The zero-order valence-electron chi connectivity index (χ0n) is 9.99. The van der Waals surface area contributed by atoms with Gasteiger partial charge < -0.3 is 14.7 Å². The molecule has 0 aromatic carbocycles. The van der Waals surface area contributed by atoms with Crippen LogP contribution < -0.4 is 0 Å². The highest BCUT2D eigenvalue weighted by atomic mass is 16.6. The van der Waals surface area contributed by atoms with Gasteiger partial charge in [0.15, 0.2) is 0 Å². The lowest BCUT2D eigenvalue weighted by Crippen LogP contribution is -2.59. The van der Waals surface area contributed by atoms with Crippen molar-refractivity contribution in [1.29, 1.82) is 5.26 Å². The van der Waals surface area contributed by atoms with Crippen LogP contribution in [0.5, 0.6) is 0 Å². The Bertz CT molecular complexity index is 308. The standard InChI is InChI=1S/C11H18N2O3/c1-10(2,3)16-9(15)13-7-11(6-12,8-13)4-5-14/h14H,4-5,7-8H2,1-3H3. The average molecular weight is 226 g/mol. The molecule has 5 heteroatoms. The quantitative estimate of drug-likeness (QED) is 0.766. The Balaban J connectivity index is 2.46. The van der Waals surface area contributed by atoms with Gasteiger partial charge in [-0.05, 0) is 27.2 Å². The minimum absolute atomic E-state index is 0.0320. The molecule has 0 spiro atoms. The van der Waals surface area contributed by atoms with Gasteiger partial charge in [-0.25, -0.2) is 4.79 Å². The Morgan fingerprint density at radius 3 is 2.50 bits per heavy atom. The van der Waals surface area contributed by atoms with Gasteiger partial charge in [0.2, 0.25) is 0 Å². The second-order valence-corrected chi connectivity index (χ2v) is 5.20. The van der Waals surface area contributed by atoms with Gasteiger partial charge in [-0.1, -0.05) is 0 Å². The molecule has 0 aromatic heterocycles. The normalized spacial score (nSPS) is 18.6. The van der Waals surface area contributed by atoms with Gasteiger partial charge in [-0.2, -0.15) is 5.26 Å². The van der Waals surface area contributed by atoms with E-state index in [9.17, 15) is 4.79 Å². The summed E-state index contributed by atoms with van der Waals surface area (Å²) in [5, 5.41) is 17.8. The van der Waals surface area contributed by atoms with Crippen LogP contribution in [-0.2, 0) is 4.74 Å². The van der Waals surface area contributed by atoms with Gasteiger partial charge in [0.25, 0.3) is 0 Å². The Hall–Kier alpha value is -1.28. The van der Waals surface area contributed by atoms with E-state index >= 15 is 0 Å². The molecule has 1 heterocycles. The predicted molar refractivity (Wildman–Crippen MR) is 57.6 cm³/mol. The average Bonchev–Trinajstić information content (AvgIpc) is 2.07. The van der Waals surface area contributed by atoms with E-state index < -0.39 is 17.1 Å². The first-order valence-corrected chi connectivity index (χ1v) is 5.32. The third-order valence-electron chi connectivity index (χ3n) is 2.47. The maximum absolute atomic E-state index is 11.6. The molecule has 16 heavy (non-hydrogen) atoms. The zero-order valence-corrected chi connectivity index (χ0v) is 9.99. The summed E-state index contributed by atoms with van der Waals surface area (Å²) in [7, 11) is 0. The number of ether oxygens (including phenoxy) is 1. The molecule has 1 amide bonds. The van der Waals surface area contributed by atoms with Crippen LogP contribution >= 0.6 is 0 Å². The summed E-state index contributed by atoms with van der Waals surface area (Å²) in [5.74, 6) is 0. The fraction of sp³-hybridized carbons (Fsp3) is 0.818. The second-order valence-electron chi connectivity index (χ2n) is 5.20. The summed E-state index contributed by atoms with van der Waals surface area (Å²) in [6.07, 6.45) is 0.0133. The lowest BCUT2D eigenvalue weighted by Gasteiger charge is -2.45. The molecule has 90 valence electrons. The third-order valence-corrected chi connectivity index (χ3v) is 2.47. The predicted octanol–water partition coefficient (Wildman–Crippen LogP) is 1.13. The number of nitriles is 1. The van der Waals surface area contributed by atoms with Crippen LogP contribution in [-0.4, -0.2) is 41.4 Å². The summed E-state index contributed by atoms with van der Waals surface area (Å²) < 4.78 is 5.17. The monoisotopic (exact) mass is 226 g/mol. The summed E-state index contributed by atoms with van der Waals surface area (Å²) in [6.45, 7) is 6.07. The fourth-order valence-electron chi connectivity index (χ4n) is 1.64. The fourth-order valence-corrected chi connectivity index (χ4v) is 1.64. The van der Waals surface area contributed by atoms with Crippen molar-refractivity contribution in [1.82, 2.24) is 4.90 Å². The Morgan fingerprint density at radius 2 is 2.12 bits per heavy atom. The molecule has 0 unspecified atom stereocenters. The van der Waals surface area contributed by atoms with Gasteiger partial charge in [-0.3, -0.25) is 0 Å². The van der Waals surface area contributed by atoms with Crippen molar-refractivity contribution < 1.29 is 14.6 Å². The molecule has 0 atom stereocenters. The maximum Gasteiger partial charge on any atom is 0.410 e. The van der Waals surface area contributed by atoms with Crippen LogP contribution in [0.1, 0.15) is 27.2 Å². The highest BCUT2D eigenvalue weighted by Gasteiger charge is 2.46. The number of carbonyl (C=O) groups excluding carboxylic acids is 1. The number of hydrogen-bond acceptors (Lipinski definition) is 4. The highest BCUT2D eigenvalue weighted by molar-refractivity contribution is 5.69. The first-order valence-electron chi connectivity index (χ1n) is 5.32. The Morgan fingerprint density at radius 1 is 1.56 bits per heavy atom. The Kier molecular flexibility index (Phi) is 3.44. The molecule has 5 nitrogen and oxygen atoms in total. The SMILES string of the molecule is CC(C)(C)OC(=O)N1CC(C#N)(CCO)C1. The van der Waals surface area contributed by atoms with E-state index in [2.05, 4.69) is 6.07 Å². The van der Waals surface area contributed by atoms with Crippen molar-refractivity contribution >= 4 is 6.09 Å². The van der Waals surface area contributed by atoms with Crippen LogP contribution in [0, 0.1) is 16.7 Å². The number of nitrogens with zero attached hydrogens (tertiary/aromatic N) is 2.